The minimum Gasteiger partial charge on any atom is -0.399 e. The number of hydrogen-bond acceptors (Lipinski definition) is 8. The molecule has 3 aromatic rings. The van der Waals surface area contributed by atoms with Gasteiger partial charge in [0.15, 0.2) is 0 Å². The second-order valence-electron chi connectivity index (χ2n) is 9.16. The average Bonchev–Trinajstić information content (AvgIpc) is 3.41. The minimum atomic E-state index is -0.697. The summed E-state index contributed by atoms with van der Waals surface area (Å²) in [7, 11) is 1.46. The van der Waals surface area contributed by atoms with Gasteiger partial charge in [0.1, 0.15) is 23.1 Å². The third kappa shape index (κ3) is 3.13. The summed E-state index contributed by atoms with van der Waals surface area (Å²) >= 11 is 1.14. The van der Waals surface area contributed by atoms with Crippen LogP contribution in [0, 0.1) is 11.2 Å². The third-order valence-electron chi connectivity index (χ3n) is 7.11. The van der Waals surface area contributed by atoms with Crippen LogP contribution < -0.4 is 27.4 Å². The van der Waals surface area contributed by atoms with Gasteiger partial charge in [-0.25, -0.2) is 4.39 Å². The van der Waals surface area contributed by atoms with Crippen LogP contribution in [0.25, 0.3) is 21.1 Å². The number of hydrogen-bond donors (Lipinski definition) is 3. The molecule has 2 unspecified atom stereocenters. The monoisotopic (exact) mass is 474 g/mol. The van der Waals surface area contributed by atoms with Crippen molar-refractivity contribution in [3.8, 4) is 0 Å². The number of nitrogens with two attached hydrogens (primary N) is 2. The lowest BCUT2D eigenvalue weighted by Crippen LogP contribution is -2.56. The molecule has 0 amide bonds. The van der Waals surface area contributed by atoms with Crippen LogP contribution >= 0.6 is 11.5 Å². The molecule has 3 heterocycles. The number of oxime groups is 1. The number of nitrogens with zero attached hydrogens (tertiary/aromatic N) is 3. The molecule has 2 fully saturated rings. The van der Waals surface area contributed by atoms with Gasteiger partial charge in [0.2, 0.25) is 5.43 Å². The van der Waals surface area contributed by atoms with E-state index in [0.29, 0.717) is 34.8 Å². The molecular formula is C22H27FN6O3S. The van der Waals surface area contributed by atoms with Crippen LogP contribution in [0.2, 0.25) is 0 Å². The van der Waals surface area contributed by atoms with Crippen molar-refractivity contribution in [3.63, 3.8) is 0 Å². The van der Waals surface area contributed by atoms with Crippen LogP contribution in [0.4, 0.5) is 10.1 Å². The number of nitrogens with one attached hydrogen (secondary N) is 1. The predicted octanol–water partition coefficient (Wildman–Crippen LogP) is 1.88. The molecule has 2 aromatic heterocycles. The molecule has 11 heteroatoms. The number of aromatic amines is 1. The Hall–Kier alpha value is -2.76. The van der Waals surface area contributed by atoms with Gasteiger partial charge >= 0.3 is 0 Å². The van der Waals surface area contributed by atoms with Crippen LogP contribution in [0.5, 0.6) is 0 Å². The van der Waals surface area contributed by atoms with E-state index >= 15 is 4.39 Å². The maximum Gasteiger partial charge on any atom is 0.271 e. The molecule has 1 aliphatic heterocycles. The normalized spacial score (nSPS) is 24.2. The lowest BCUT2D eigenvalue weighted by atomic mass is 9.73. The number of halogens is 1. The molecule has 1 aliphatic carbocycles. The minimum absolute atomic E-state index is 0.0927. The van der Waals surface area contributed by atoms with Crippen molar-refractivity contribution in [2.75, 3.05) is 25.1 Å². The molecule has 1 saturated heterocycles. The van der Waals surface area contributed by atoms with Crippen molar-refractivity contribution < 1.29 is 9.23 Å². The number of pyridine rings is 1. The maximum atomic E-state index is 15.5. The summed E-state index contributed by atoms with van der Waals surface area (Å²) in [5.74, 6) is -0.546. The fourth-order valence-electron chi connectivity index (χ4n) is 5.19. The largest absolute Gasteiger partial charge is 0.399 e. The van der Waals surface area contributed by atoms with E-state index in [2.05, 4.69) is 9.53 Å². The third-order valence-corrected chi connectivity index (χ3v) is 7.99. The van der Waals surface area contributed by atoms with Gasteiger partial charge in [-0.3, -0.25) is 14.0 Å². The first-order valence-corrected chi connectivity index (χ1v) is 11.8. The summed E-state index contributed by atoms with van der Waals surface area (Å²) in [6.07, 6.45) is 1.89. The number of benzene rings is 1. The van der Waals surface area contributed by atoms with Gasteiger partial charge in [-0.1, -0.05) is 5.16 Å². The molecular weight excluding hydrogens is 447 g/mol. The van der Waals surface area contributed by atoms with E-state index in [0.717, 1.165) is 24.4 Å². The number of anilines is 1. The summed E-state index contributed by atoms with van der Waals surface area (Å²) in [5.41, 5.74) is 12.8. The molecule has 9 nitrogen and oxygen atoms in total. The van der Waals surface area contributed by atoms with Crippen molar-refractivity contribution in [2.24, 2.45) is 22.0 Å². The van der Waals surface area contributed by atoms with Crippen molar-refractivity contribution >= 4 is 44.1 Å². The van der Waals surface area contributed by atoms with Crippen molar-refractivity contribution in [1.82, 2.24) is 8.94 Å². The second kappa shape index (κ2) is 7.64. The van der Waals surface area contributed by atoms with Gasteiger partial charge in [-0.15, -0.1) is 0 Å². The Balaban J connectivity index is 1.73. The van der Waals surface area contributed by atoms with Crippen LogP contribution in [0.15, 0.2) is 26.9 Å². The Morgan fingerprint density at radius 1 is 1.27 bits per heavy atom. The van der Waals surface area contributed by atoms with Gasteiger partial charge in [0.25, 0.3) is 5.56 Å². The SMILES string of the molecule is CO/N=C1/CN(c2cc3c(cc2F)c(=O)c2c(=O)[nH]sc2n3C2CC2)CC1(C(C)N)C(C)N. The lowest BCUT2D eigenvalue weighted by Gasteiger charge is -2.37. The summed E-state index contributed by atoms with van der Waals surface area (Å²) < 4.78 is 20.1. The highest BCUT2D eigenvalue weighted by molar-refractivity contribution is 7.12. The van der Waals surface area contributed by atoms with Gasteiger partial charge in [-0.05, 0) is 50.4 Å². The van der Waals surface area contributed by atoms with E-state index in [1.54, 1.807) is 6.07 Å². The topological polar surface area (TPSA) is 132 Å². The summed E-state index contributed by atoms with van der Waals surface area (Å²) in [6.45, 7) is 4.39. The Kier molecular flexibility index (Phi) is 5.11. The predicted molar refractivity (Wildman–Crippen MR) is 129 cm³/mol. The highest BCUT2D eigenvalue weighted by atomic mass is 32.1. The van der Waals surface area contributed by atoms with Gasteiger partial charge in [0, 0.05) is 30.1 Å². The van der Waals surface area contributed by atoms with E-state index in [9.17, 15) is 9.59 Å². The first-order valence-electron chi connectivity index (χ1n) is 11.0. The van der Waals surface area contributed by atoms with Crippen molar-refractivity contribution in [3.05, 3.63) is 38.5 Å². The van der Waals surface area contributed by atoms with Crippen LogP contribution in [0.3, 0.4) is 0 Å². The van der Waals surface area contributed by atoms with Crippen LogP contribution in [0.1, 0.15) is 32.7 Å². The standard InChI is InChI=1S/C22H27FN6O3S/c1-10(24)22(11(2)25)9-28(8-17(22)26-32-3)16-7-15-13(6-14(16)23)19(30)18-20(31)27-33-21(18)29(15)12-4-5-12/h6-7,10-12H,4-5,8-9,24-25H2,1-3H3,(H,27,31)/b26-17-. The average molecular weight is 475 g/mol. The van der Waals surface area contributed by atoms with E-state index < -0.39 is 22.2 Å². The molecule has 0 radical (unpaired) electrons. The molecule has 1 saturated carbocycles. The fourth-order valence-corrected chi connectivity index (χ4v) is 6.12. The molecule has 5 N–H and O–H groups in total. The molecule has 1 aromatic carbocycles. The zero-order valence-electron chi connectivity index (χ0n) is 18.7. The molecule has 0 bridgehead atoms. The number of rotatable bonds is 5. The van der Waals surface area contributed by atoms with E-state index in [1.165, 1.54) is 13.2 Å². The first-order chi connectivity index (χ1) is 15.7. The zero-order valence-corrected chi connectivity index (χ0v) is 19.5. The lowest BCUT2D eigenvalue weighted by molar-refractivity contribution is 0.203. The van der Waals surface area contributed by atoms with Gasteiger partial charge in [-0.2, -0.15) is 0 Å². The quantitative estimate of drug-likeness (QED) is 0.484. The molecule has 5 rings (SSSR count). The number of H-pyrrole nitrogens is 1. The Morgan fingerprint density at radius 2 is 1.97 bits per heavy atom. The smallest absolute Gasteiger partial charge is 0.271 e. The zero-order chi connectivity index (χ0) is 23.7. The summed E-state index contributed by atoms with van der Waals surface area (Å²) in [6, 6.07) is 2.43. The van der Waals surface area contributed by atoms with Crippen molar-refractivity contribution in [2.45, 2.75) is 44.8 Å². The number of aromatic nitrogens is 2. The van der Waals surface area contributed by atoms with Gasteiger partial charge in [0.05, 0.1) is 28.9 Å². The summed E-state index contributed by atoms with van der Waals surface area (Å²) in [4.78, 5) is 32.9. The highest BCUT2D eigenvalue weighted by Crippen LogP contribution is 2.42. The molecule has 2 atom stereocenters. The summed E-state index contributed by atoms with van der Waals surface area (Å²) in [5, 5.41) is 4.50. The first kappa shape index (κ1) is 22.1. The molecule has 33 heavy (non-hydrogen) atoms. The number of fused-ring (bicyclic) bond motifs is 2. The van der Waals surface area contributed by atoms with Gasteiger partial charge < -0.3 is 25.8 Å². The van der Waals surface area contributed by atoms with E-state index in [-0.39, 0.29) is 28.9 Å². The molecule has 2 aliphatic rings. The van der Waals surface area contributed by atoms with Crippen LogP contribution in [-0.4, -0.2) is 46.9 Å². The Morgan fingerprint density at radius 3 is 2.58 bits per heavy atom. The highest BCUT2D eigenvalue weighted by Gasteiger charge is 2.50. The molecule has 176 valence electrons. The Labute approximate surface area is 192 Å². The Bertz CT molecular complexity index is 1390. The van der Waals surface area contributed by atoms with E-state index in [4.69, 9.17) is 16.3 Å². The molecule has 0 spiro atoms. The van der Waals surface area contributed by atoms with Crippen molar-refractivity contribution in [1.29, 1.82) is 0 Å². The second-order valence-corrected chi connectivity index (χ2v) is 9.95. The van der Waals surface area contributed by atoms with E-state index in [1.807, 2.05) is 23.3 Å². The maximum absolute atomic E-state index is 15.5. The van der Waals surface area contributed by atoms with Crippen LogP contribution in [-0.2, 0) is 4.84 Å². The fraction of sp³-hybridized carbons (Fsp3) is 0.500.